The first-order valence-corrected chi connectivity index (χ1v) is 8.73. The molecule has 0 bridgehead atoms. The largest absolute Gasteiger partial charge is 0.478 e. The Morgan fingerprint density at radius 3 is 2.72 bits per heavy atom. The van der Waals surface area contributed by atoms with Gasteiger partial charge in [-0.1, -0.05) is 35.9 Å². The Kier molecular flexibility index (Phi) is 4.24. The second-order valence-corrected chi connectivity index (χ2v) is 6.83. The minimum atomic E-state index is -0.952. The average Bonchev–Trinajstić information content (AvgIpc) is 3.05. The number of nitrogens with one attached hydrogen (secondary N) is 1. The Labute approximate surface area is 150 Å². The fourth-order valence-corrected chi connectivity index (χ4v) is 3.75. The number of benzene rings is 2. The van der Waals surface area contributed by atoms with Gasteiger partial charge in [-0.15, -0.1) is 0 Å². The highest BCUT2D eigenvalue weighted by Gasteiger charge is 2.17. The monoisotopic (exact) mass is 355 g/mol. The Balaban J connectivity index is 1.72. The third-order valence-corrected chi connectivity index (χ3v) is 5.17. The van der Waals surface area contributed by atoms with Crippen molar-refractivity contribution in [2.24, 2.45) is 0 Å². The topological polar surface area (TPSA) is 62.3 Å². The van der Waals surface area contributed by atoms with Crippen LogP contribution in [0.2, 0.25) is 5.02 Å². The molecule has 2 aromatic carbocycles. The van der Waals surface area contributed by atoms with Crippen LogP contribution in [0.3, 0.4) is 0 Å². The summed E-state index contributed by atoms with van der Waals surface area (Å²) in [7, 11) is 0. The number of aromatic amines is 1. The van der Waals surface area contributed by atoms with Crippen LogP contribution in [0.5, 0.6) is 0 Å². The lowest BCUT2D eigenvalue weighted by Crippen LogP contribution is -2.15. The van der Waals surface area contributed by atoms with E-state index in [0.717, 1.165) is 42.7 Å². The van der Waals surface area contributed by atoms with Crippen molar-refractivity contribution >= 4 is 28.5 Å². The number of hydrogen-bond acceptors (Lipinski definition) is 2. The standard InChI is InChI=1S/C20H18ClNO3/c21-18-9-19-16(17(10-22-19)20(23)24)8-15(18)13-5-3-12(4-6-13)14-2-1-7-25-11-14/h3-6,8-10,14,22H,1-2,7,11H2,(H,23,24)/t14-/m0/s1. The molecule has 0 aliphatic carbocycles. The maximum Gasteiger partial charge on any atom is 0.337 e. The van der Waals surface area contributed by atoms with Crippen LogP contribution in [0.15, 0.2) is 42.6 Å². The lowest BCUT2D eigenvalue weighted by Gasteiger charge is -2.22. The smallest absolute Gasteiger partial charge is 0.337 e. The minimum Gasteiger partial charge on any atom is -0.478 e. The number of fused-ring (bicyclic) bond motifs is 1. The van der Waals surface area contributed by atoms with E-state index in [4.69, 9.17) is 16.3 Å². The van der Waals surface area contributed by atoms with E-state index >= 15 is 0 Å². The van der Waals surface area contributed by atoms with E-state index < -0.39 is 5.97 Å². The quantitative estimate of drug-likeness (QED) is 0.688. The molecule has 128 valence electrons. The number of ether oxygens (including phenoxy) is 1. The van der Waals surface area contributed by atoms with Crippen LogP contribution in [0.4, 0.5) is 0 Å². The molecule has 1 saturated heterocycles. The third kappa shape index (κ3) is 3.03. The summed E-state index contributed by atoms with van der Waals surface area (Å²) in [6.07, 6.45) is 3.75. The average molecular weight is 356 g/mol. The summed E-state index contributed by atoms with van der Waals surface area (Å²) < 4.78 is 5.57. The maximum absolute atomic E-state index is 11.4. The summed E-state index contributed by atoms with van der Waals surface area (Å²) in [6.45, 7) is 1.63. The number of aromatic carboxylic acids is 1. The van der Waals surface area contributed by atoms with Crippen molar-refractivity contribution in [1.82, 2.24) is 4.98 Å². The molecule has 2 heterocycles. The summed E-state index contributed by atoms with van der Waals surface area (Å²) in [5.74, 6) is -0.504. The predicted octanol–water partition coefficient (Wildman–Crippen LogP) is 5.08. The van der Waals surface area contributed by atoms with Gasteiger partial charge in [0.05, 0.1) is 17.2 Å². The molecule has 0 saturated carbocycles. The van der Waals surface area contributed by atoms with E-state index in [1.54, 1.807) is 6.07 Å². The van der Waals surface area contributed by atoms with Gasteiger partial charge in [0, 0.05) is 35.2 Å². The first-order chi connectivity index (χ1) is 12.1. The van der Waals surface area contributed by atoms with Crippen LogP contribution in [-0.2, 0) is 4.74 Å². The van der Waals surface area contributed by atoms with Gasteiger partial charge < -0.3 is 14.8 Å². The minimum absolute atomic E-state index is 0.254. The van der Waals surface area contributed by atoms with Crippen molar-refractivity contribution in [3.05, 3.63) is 58.7 Å². The molecule has 4 rings (SSSR count). The van der Waals surface area contributed by atoms with Gasteiger partial charge in [0.1, 0.15) is 0 Å². The molecule has 0 amide bonds. The Morgan fingerprint density at radius 2 is 2.04 bits per heavy atom. The number of aromatic nitrogens is 1. The third-order valence-electron chi connectivity index (χ3n) is 4.85. The van der Waals surface area contributed by atoms with E-state index in [1.807, 2.05) is 18.2 Å². The van der Waals surface area contributed by atoms with E-state index in [1.165, 1.54) is 11.8 Å². The fourth-order valence-electron chi connectivity index (χ4n) is 3.48. The van der Waals surface area contributed by atoms with E-state index in [-0.39, 0.29) is 5.56 Å². The molecule has 1 fully saturated rings. The number of carbonyl (C=O) groups is 1. The van der Waals surface area contributed by atoms with E-state index in [2.05, 4.69) is 17.1 Å². The molecule has 1 aromatic heterocycles. The van der Waals surface area contributed by atoms with Crippen molar-refractivity contribution < 1.29 is 14.6 Å². The van der Waals surface area contributed by atoms with Crippen LogP contribution in [0.25, 0.3) is 22.0 Å². The molecule has 0 spiro atoms. The van der Waals surface area contributed by atoms with Gasteiger partial charge in [-0.3, -0.25) is 0 Å². The van der Waals surface area contributed by atoms with Gasteiger partial charge in [0.15, 0.2) is 0 Å². The molecular weight excluding hydrogens is 338 g/mol. The van der Waals surface area contributed by atoms with Gasteiger partial charge in [-0.2, -0.15) is 0 Å². The zero-order chi connectivity index (χ0) is 17.4. The highest BCUT2D eigenvalue weighted by Crippen LogP contribution is 2.34. The normalized spacial score (nSPS) is 17.7. The van der Waals surface area contributed by atoms with Crippen molar-refractivity contribution in [3.63, 3.8) is 0 Å². The summed E-state index contributed by atoms with van der Waals surface area (Å²) in [6, 6.07) is 11.9. The predicted molar refractivity (Wildman–Crippen MR) is 98.5 cm³/mol. The number of carboxylic acids is 1. The van der Waals surface area contributed by atoms with Gasteiger partial charge in [-0.05, 0) is 36.1 Å². The molecule has 0 radical (unpaired) electrons. The van der Waals surface area contributed by atoms with Crippen molar-refractivity contribution in [2.75, 3.05) is 13.2 Å². The van der Waals surface area contributed by atoms with Crippen molar-refractivity contribution in [2.45, 2.75) is 18.8 Å². The lowest BCUT2D eigenvalue weighted by molar-refractivity contribution is 0.0699. The molecule has 1 aliphatic heterocycles. The number of H-pyrrole nitrogens is 1. The summed E-state index contributed by atoms with van der Waals surface area (Å²) in [5.41, 5.74) is 4.06. The van der Waals surface area contributed by atoms with Crippen LogP contribution in [0.1, 0.15) is 34.7 Å². The Bertz CT molecular complexity index is 924. The number of halogens is 1. The zero-order valence-electron chi connectivity index (χ0n) is 13.6. The summed E-state index contributed by atoms with van der Waals surface area (Å²) in [5, 5.41) is 10.6. The zero-order valence-corrected chi connectivity index (χ0v) is 14.3. The van der Waals surface area contributed by atoms with E-state index in [0.29, 0.717) is 16.3 Å². The molecule has 25 heavy (non-hydrogen) atoms. The number of rotatable bonds is 3. The second-order valence-electron chi connectivity index (χ2n) is 6.42. The van der Waals surface area contributed by atoms with Crippen LogP contribution in [-0.4, -0.2) is 29.3 Å². The molecule has 3 aromatic rings. The number of carboxylic acid groups (broad SMARTS) is 1. The molecule has 1 atom stereocenters. The van der Waals surface area contributed by atoms with Gasteiger partial charge in [-0.25, -0.2) is 4.79 Å². The van der Waals surface area contributed by atoms with Crippen LogP contribution in [0, 0.1) is 0 Å². The maximum atomic E-state index is 11.4. The first-order valence-electron chi connectivity index (χ1n) is 8.35. The Morgan fingerprint density at radius 1 is 1.24 bits per heavy atom. The van der Waals surface area contributed by atoms with Crippen LogP contribution < -0.4 is 0 Å². The molecule has 2 N–H and O–H groups in total. The summed E-state index contributed by atoms with van der Waals surface area (Å²) in [4.78, 5) is 14.3. The molecule has 0 unspecified atom stereocenters. The highest BCUT2D eigenvalue weighted by molar-refractivity contribution is 6.34. The van der Waals surface area contributed by atoms with Crippen LogP contribution >= 0.6 is 11.6 Å². The SMILES string of the molecule is O=C(O)c1c[nH]c2cc(Cl)c(-c3ccc([C@H]4CCCOC4)cc3)cc12. The number of hydrogen-bond donors (Lipinski definition) is 2. The molecule has 1 aliphatic rings. The van der Waals surface area contributed by atoms with Gasteiger partial charge in [0.25, 0.3) is 0 Å². The first kappa shape index (κ1) is 16.2. The van der Waals surface area contributed by atoms with Crippen molar-refractivity contribution in [3.8, 4) is 11.1 Å². The van der Waals surface area contributed by atoms with Crippen molar-refractivity contribution in [1.29, 1.82) is 0 Å². The molecule has 5 heteroatoms. The van der Waals surface area contributed by atoms with E-state index in [9.17, 15) is 9.90 Å². The highest BCUT2D eigenvalue weighted by atomic mass is 35.5. The fraction of sp³-hybridized carbons (Fsp3) is 0.250. The second kappa shape index (κ2) is 6.54. The van der Waals surface area contributed by atoms with Gasteiger partial charge >= 0.3 is 5.97 Å². The molecule has 4 nitrogen and oxygen atoms in total. The van der Waals surface area contributed by atoms with Gasteiger partial charge in [0.2, 0.25) is 0 Å². The lowest BCUT2D eigenvalue weighted by atomic mass is 9.92. The summed E-state index contributed by atoms with van der Waals surface area (Å²) >= 11 is 6.43. The molecular formula is C20H18ClNO3. The Hall–Kier alpha value is -2.30.